The van der Waals surface area contributed by atoms with Gasteiger partial charge < -0.3 is 10.1 Å². The van der Waals surface area contributed by atoms with Crippen molar-refractivity contribution in [1.82, 2.24) is 0 Å². The van der Waals surface area contributed by atoms with Crippen LogP contribution in [0.4, 0.5) is 5.69 Å². The maximum absolute atomic E-state index is 5.64. The van der Waals surface area contributed by atoms with Gasteiger partial charge in [0.05, 0.1) is 6.10 Å². The fourth-order valence-electron chi connectivity index (χ4n) is 2.17. The Hall–Kier alpha value is -1.96. The van der Waals surface area contributed by atoms with Gasteiger partial charge in [-0.05, 0) is 57.0 Å². The molecule has 0 heterocycles. The molecule has 0 radical (unpaired) electrons. The highest BCUT2D eigenvalue weighted by Gasteiger charge is 2.00. The first kappa shape index (κ1) is 14.4. The maximum Gasteiger partial charge on any atom is 0.119 e. The molecule has 106 valence electrons. The summed E-state index contributed by atoms with van der Waals surface area (Å²) >= 11 is 0. The van der Waals surface area contributed by atoms with Crippen molar-refractivity contribution in [1.29, 1.82) is 0 Å². The molecule has 0 saturated carbocycles. The maximum atomic E-state index is 5.64. The number of rotatable bonds is 5. The van der Waals surface area contributed by atoms with Crippen molar-refractivity contribution in [2.45, 2.75) is 40.3 Å². The van der Waals surface area contributed by atoms with E-state index in [1.165, 1.54) is 22.4 Å². The third-order valence-corrected chi connectivity index (χ3v) is 3.16. The van der Waals surface area contributed by atoms with Gasteiger partial charge in [-0.3, -0.25) is 0 Å². The van der Waals surface area contributed by atoms with Gasteiger partial charge in [-0.15, -0.1) is 0 Å². The van der Waals surface area contributed by atoms with Gasteiger partial charge in [0.15, 0.2) is 0 Å². The quantitative estimate of drug-likeness (QED) is 0.849. The molecule has 0 fully saturated rings. The van der Waals surface area contributed by atoms with Crippen LogP contribution < -0.4 is 10.1 Å². The number of aryl methyl sites for hydroxylation is 2. The highest BCUT2D eigenvalue weighted by atomic mass is 16.5. The van der Waals surface area contributed by atoms with Crippen molar-refractivity contribution in [3.63, 3.8) is 0 Å². The second kappa shape index (κ2) is 6.47. The standard InChI is InChI=1S/C18H23NO/c1-13(2)20-17-8-6-16(7-9-17)12-19-18-10-5-14(3)11-15(18)4/h5-11,13,19H,12H2,1-4H3. The van der Waals surface area contributed by atoms with E-state index >= 15 is 0 Å². The predicted molar refractivity (Wildman–Crippen MR) is 85.4 cm³/mol. The molecule has 0 spiro atoms. The minimum atomic E-state index is 0.217. The van der Waals surface area contributed by atoms with Crippen molar-refractivity contribution in [3.8, 4) is 5.75 Å². The van der Waals surface area contributed by atoms with Crippen LogP contribution in [0.5, 0.6) is 5.75 Å². The van der Waals surface area contributed by atoms with E-state index in [1.807, 2.05) is 26.0 Å². The molecule has 1 N–H and O–H groups in total. The molecule has 0 aromatic heterocycles. The van der Waals surface area contributed by atoms with E-state index in [0.29, 0.717) is 0 Å². The van der Waals surface area contributed by atoms with Gasteiger partial charge in [0.2, 0.25) is 0 Å². The van der Waals surface area contributed by atoms with Gasteiger partial charge in [-0.25, -0.2) is 0 Å². The Bertz CT molecular complexity index is 558. The molecule has 2 aromatic carbocycles. The fourth-order valence-corrected chi connectivity index (χ4v) is 2.17. The summed E-state index contributed by atoms with van der Waals surface area (Å²) in [5, 5.41) is 3.48. The molecule has 0 bridgehead atoms. The lowest BCUT2D eigenvalue weighted by Crippen LogP contribution is -2.06. The van der Waals surface area contributed by atoms with E-state index in [-0.39, 0.29) is 6.10 Å². The Labute approximate surface area is 121 Å². The van der Waals surface area contributed by atoms with Crippen LogP contribution >= 0.6 is 0 Å². The third kappa shape index (κ3) is 4.02. The molecular formula is C18H23NO. The number of hydrogen-bond acceptors (Lipinski definition) is 2. The number of benzene rings is 2. The number of hydrogen-bond donors (Lipinski definition) is 1. The van der Waals surface area contributed by atoms with Gasteiger partial charge in [0.1, 0.15) is 5.75 Å². The van der Waals surface area contributed by atoms with Gasteiger partial charge in [-0.1, -0.05) is 29.8 Å². The number of ether oxygens (including phenoxy) is 1. The minimum Gasteiger partial charge on any atom is -0.491 e. The Morgan fingerprint density at radius 2 is 1.70 bits per heavy atom. The zero-order chi connectivity index (χ0) is 14.5. The normalized spacial score (nSPS) is 10.7. The van der Waals surface area contributed by atoms with Crippen LogP contribution in [0, 0.1) is 13.8 Å². The van der Waals surface area contributed by atoms with Crippen LogP contribution in [0.25, 0.3) is 0 Å². The molecule has 0 aliphatic carbocycles. The number of anilines is 1. The zero-order valence-corrected chi connectivity index (χ0v) is 12.7. The molecular weight excluding hydrogens is 246 g/mol. The highest BCUT2D eigenvalue weighted by Crippen LogP contribution is 2.18. The summed E-state index contributed by atoms with van der Waals surface area (Å²) < 4.78 is 5.64. The van der Waals surface area contributed by atoms with Crippen molar-refractivity contribution in [2.24, 2.45) is 0 Å². The van der Waals surface area contributed by atoms with Crippen molar-refractivity contribution in [3.05, 3.63) is 59.2 Å². The Morgan fingerprint density at radius 3 is 2.30 bits per heavy atom. The average Bonchev–Trinajstić information content (AvgIpc) is 2.39. The summed E-state index contributed by atoms with van der Waals surface area (Å²) in [4.78, 5) is 0. The lowest BCUT2D eigenvalue weighted by atomic mass is 10.1. The van der Waals surface area contributed by atoms with Gasteiger partial charge in [0.25, 0.3) is 0 Å². The summed E-state index contributed by atoms with van der Waals surface area (Å²) in [6.45, 7) is 9.15. The highest BCUT2D eigenvalue weighted by molar-refractivity contribution is 5.52. The average molecular weight is 269 g/mol. The molecule has 0 unspecified atom stereocenters. The van der Waals surface area contributed by atoms with E-state index in [9.17, 15) is 0 Å². The second-order valence-corrected chi connectivity index (χ2v) is 5.48. The number of nitrogens with one attached hydrogen (secondary N) is 1. The summed E-state index contributed by atoms with van der Waals surface area (Å²) in [6.07, 6.45) is 0.217. The largest absolute Gasteiger partial charge is 0.491 e. The molecule has 2 nitrogen and oxygen atoms in total. The molecule has 0 aliphatic heterocycles. The van der Waals surface area contributed by atoms with E-state index < -0.39 is 0 Å². The van der Waals surface area contributed by atoms with E-state index in [1.54, 1.807) is 0 Å². The first-order valence-electron chi connectivity index (χ1n) is 7.11. The monoisotopic (exact) mass is 269 g/mol. The van der Waals surface area contributed by atoms with E-state index in [2.05, 4.69) is 49.5 Å². The van der Waals surface area contributed by atoms with Gasteiger partial charge >= 0.3 is 0 Å². The zero-order valence-electron chi connectivity index (χ0n) is 12.7. The molecule has 0 amide bonds. The van der Waals surface area contributed by atoms with Crippen LogP contribution in [0.15, 0.2) is 42.5 Å². The molecule has 20 heavy (non-hydrogen) atoms. The predicted octanol–water partition coefficient (Wildman–Crippen LogP) is 4.70. The Kier molecular flexibility index (Phi) is 4.67. The topological polar surface area (TPSA) is 21.3 Å². The van der Waals surface area contributed by atoms with E-state index in [4.69, 9.17) is 4.74 Å². The molecule has 2 heteroatoms. The van der Waals surface area contributed by atoms with Crippen molar-refractivity contribution in [2.75, 3.05) is 5.32 Å². The van der Waals surface area contributed by atoms with Gasteiger partial charge in [-0.2, -0.15) is 0 Å². The summed E-state index contributed by atoms with van der Waals surface area (Å²) in [5.41, 5.74) is 5.02. The minimum absolute atomic E-state index is 0.217. The molecule has 0 saturated heterocycles. The van der Waals surface area contributed by atoms with Crippen LogP contribution in [0.3, 0.4) is 0 Å². The summed E-state index contributed by atoms with van der Waals surface area (Å²) in [6, 6.07) is 14.7. The third-order valence-electron chi connectivity index (χ3n) is 3.16. The van der Waals surface area contributed by atoms with Crippen molar-refractivity contribution >= 4 is 5.69 Å². The Balaban J connectivity index is 1.96. The van der Waals surface area contributed by atoms with Crippen molar-refractivity contribution < 1.29 is 4.74 Å². The lowest BCUT2D eigenvalue weighted by Gasteiger charge is -2.12. The second-order valence-electron chi connectivity index (χ2n) is 5.48. The fraction of sp³-hybridized carbons (Fsp3) is 0.333. The summed E-state index contributed by atoms with van der Waals surface area (Å²) in [5.74, 6) is 0.926. The first-order chi connectivity index (χ1) is 9.54. The van der Waals surface area contributed by atoms with Gasteiger partial charge in [0, 0.05) is 12.2 Å². The van der Waals surface area contributed by atoms with Crippen LogP contribution in [0.2, 0.25) is 0 Å². The smallest absolute Gasteiger partial charge is 0.119 e. The first-order valence-corrected chi connectivity index (χ1v) is 7.11. The molecule has 2 rings (SSSR count). The molecule has 2 aromatic rings. The SMILES string of the molecule is Cc1ccc(NCc2ccc(OC(C)C)cc2)c(C)c1. The van der Waals surface area contributed by atoms with Crippen LogP contribution in [0.1, 0.15) is 30.5 Å². The molecule has 0 aliphatic rings. The van der Waals surface area contributed by atoms with Crippen LogP contribution in [-0.4, -0.2) is 6.10 Å². The lowest BCUT2D eigenvalue weighted by molar-refractivity contribution is 0.242. The van der Waals surface area contributed by atoms with E-state index in [0.717, 1.165) is 12.3 Å². The summed E-state index contributed by atoms with van der Waals surface area (Å²) in [7, 11) is 0. The van der Waals surface area contributed by atoms with Crippen LogP contribution in [-0.2, 0) is 6.54 Å². The Morgan fingerprint density at radius 1 is 1.00 bits per heavy atom. The molecule has 0 atom stereocenters.